The van der Waals surface area contributed by atoms with Crippen LogP contribution < -0.4 is 9.64 Å². The Balaban J connectivity index is 1.68. The van der Waals surface area contributed by atoms with Gasteiger partial charge < -0.3 is 19.3 Å². The first kappa shape index (κ1) is 20.2. The van der Waals surface area contributed by atoms with Gasteiger partial charge in [0.15, 0.2) is 6.10 Å². The topological polar surface area (TPSA) is 59.1 Å². The van der Waals surface area contributed by atoms with Crippen molar-refractivity contribution in [1.82, 2.24) is 4.90 Å². The molecule has 0 radical (unpaired) electrons. The number of hydrogen-bond donors (Lipinski definition) is 0. The van der Waals surface area contributed by atoms with Crippen molar-refractivity contribution in [3.63, 3.8) is 0 Å². The van der Waals surface area contributed by atoms with E-state index >= 15 is 0 Å². The number of carbonyl (C=O) groups is 2. The molecule has 6 nitrogen and oxygen atoms in total. The molecule has 2 aliphatic heterocycles. The summed E-state index contributed by atoms with van der Waals surface area (Å²) in [5.74, 6) is -0.888. The molecule has 1 fully saturated rings. The molecule has 4 rings (SSSR count). The van der Waals surface area contributed by atoms with E-state index in [1.54, 1.807) is 29.2 Å². The second-order valence-electron chi connectivity index (χ2n) is 6.97. The van der Waals surface area contributed by atoms with Crippen LogP contribution in [0.25, 0.3) is 0 Å². The van der Waals surface area contributed by atoms with Gasteiger partial charge in [-0.05, 0) is 24.3 Å². The lowest BCUT2D eigenvalue weighted by atomic mass is 10.0. The van der Waals surface area contributed by atoms with Gasteiger partial charge in [-0.3, -0.25) is 9.59 Å². The van der Waals surface area contributed by atoms with Crippen molar-refractivity contribution in [1.29, 1.82) is 0 Å². The van der Waals surface area contributed by atoms with Crippen LogP contribution in [-0.2, 0) is 15.7 Å². The zero-order chi connectivity index (χ0) is 21.3. The average Bonchev–Trinajstić information content (AvgIpc) is 2.77. The normalized spacial score (nSPS) is 19.1. The summed E-state index contributed by atoms with van der Waals surface area (Å²) in [7, 11) is 0. The summed E-state index contributed by atoms with van der Waals surface area (Å²) in [6.07, 6.45) is -5.69. The Bertz CT molecular complexity index is 957. The molecule has 1 atom stereocenters. The van der Waals surface area contributed by atoms with Crippen LogP contribution in [-0.4, -0.2) is 55.7 Å². The van der Waals surface area contributed by atoms with Crippen LogP contribution in [0.2, 0.25) is 0 Å². The number of amides is 2. The lowest BCUT2D eigenvalue weighted by Gasteiger charge is -2.37. The van der Waals surface area contributed by atoms with Gasteiger partial charge in [-0.2, -0.15) is 13.2 Å². The molecule has 158 valence electrons. The van der Waals surface area contributed by atoms with Crippen LogP contribution in [0.5, 0.6) is 5.75 Å². The van der Waals surface area contributed by atoms with Crippen molar-refractivity contribution in [2.45, 2.75) is 12.3 Å². The van der Waals surface area contributed by atoms with Gasteiger partial charge in [-0.15, -0.1) is 0 Å². The monoisotopic (exact) mass is 420 g/mol. The van der Waals surface area contributed by atoms with Gasteiger partial charge in [0.25, 0.3) is 11.8 Å². The molecule has 0 saturated carbocycles. The molecule has 0 aliphatic carbocycles. The molecule has 2 amide bonds. The second-order valence-corrected chi connectivity index (χ2v) is 6.97. The van der Waals surface area contributed by atoms with E-state index in [0.717, 1.165) is 12.1 Å². The maximum atomic E-state index is 13.5. The van der Waals surface area contributed by atoms with Crippen molar-refractivity contribution >= 4 is 17.5 Å². The number of nitrogens with zero attached hydrogens (tertiary/aromatic N) is 2. The molecule has 1 saturated heterocycles. The first-order chi connectivity index (χ1) is 14.4. The van der Waals surface area contributed by atoms with E-state index in [4.69, 9.17) is 9.47 Å². The predicted molar refractivity (Wildman–Crippen MR) is 101 cm³/mol. The summed E-state index contributed by atoms with van der Waals surface area (Å²) < 4.78 is 51.4. The number of anilines is 1. The third-order valence-corrected chi connectivity index (χ3v) is 5.08. The minimum Gasteiger partial charge on any atom is -0.476 e. The molecule has 30 heavy (non-hydrogen) atoms. The zero-order valence-corrected chi connectivity index (χ0v) is 15.9. The fourth-order valence-corrected chi connectivity index (χ4v) is 3.60. The molecule has 0 unspecified atom stereocenters. The summed E-state index contributed by atoms with van der Waals surface area (Å²) in [5, 5.41) is 0. The Morgan fingerprint density at radius 1 is 0.967 bits per heavy atom. The van der Waals surface area contributed by atoms with Crippen LogP contribution in [0.15, 0.2) is 48.5 Å². The predicted octanol–water partition coefficient (Wildman–Crippen LogP) is 2.97. The van der Waals surface area contributed by atoms with Gasteiger partial charge in [0.2, 0.25) is 0 Å². The molecule has 0 aromatic heterocycles. The van der Waals surface area contributed by atoms with Crippen LogP contribution >= 0.6 is 0 Å². The number of halogens is 3. The van der Waals surface area contributed by atoms with E-state index in [1.807, 2.05) is 0 Å². The Morgan fingerprint density at radius 3 is 2.37 bits per heavy atom. The number of hydrogen-bond acceptors (Lipinski definition) is 4. The summed E-state index contributed by atoms with van der Waals surface area (Å²) in [6, 6.07) is 11.1. The summed E-state index contributed by atoms with van der Waals surface area (Å²) in [6.45, 7) is 1.40. The van der Waals surface area contributed by atoms with E-state index in [-0.39, 0.29) is 18.2 Å². The molecule has 0 N–H and O–H groups in total. The van der Waals surface area contributed by atoms with E-state index < -0.39 is 29.3 Å². The summed E-state index contributed by atoms with van der Waals surface area (Å²) in [4.78, 5) is 28.9. The Morgan fingerprint density at radius 2 is 1.63 bits per heavy atom. The SMILES string of the molecule is O=C([C@@H]1CN(C(=O)c2ccccc2C(F)(F)F)c2ccccc2O1)N1CCOCC1. The molecule has 2 heterocycles. The van der Waals surface area contributed by atoms with Crippen molar-refractivity contribution in [2.24, 2.45) is 0 Å². The maximum Gasteiger partial charge on any atom is 0.417 e. The van der Waals surface area contributed by atoms with Crippen molar-refractivity contribution < 1.29 is 32.2 Å². The first-order valence-corrected chi connectivity index (χ1v) is 9.46. The molecule has 2 aromatic rings. The van der Waals surface area contributed by atoms with Gasteiger partial charge in [0.1, 0.15) is 5.75 Å². The third kappa shape index (κ3) is 3.85. The second kappa shape index (κ2) is 7.98. The van der Waals surface area contributed by atoms with Crippen LogP contribution in [0, 0.1) is 0 Å². The lowest BCUT2D eigenvalue weighted by molar-refractivity contribution is -0.142. The fraction of sp³-hybridized carbons (Fsp3) is 0.333. The van der Waals surface area contributed by atoms with Crippen molar-refractivity contribution in [3.05, 3.63) is 59.7 Å². The fourth-order valence-electron chi connectivity index (χ4n) is 3.60. The van der Waals surface area contributed by atoms with Crippen molar-refractivity contribution in [2.75, 3.05) is 37.7 Å². The number of ether oxygens (including phenoxy) is 2. The van der Waals surface area contributed by atoms with E-state index in [0.29, 0.717) is 32.0 Å². The highest BCUT2D eigenvalue weighted by Gasteiger charge is 2.40. The van der Waals surface area contributed by atoms with E-state index in [1.165, 1.54) is 17.0 Å². The molecule has 2 aliphatic rings. The molecule has 9 heteroatoms. The van der Waals surface area contributed by atoms with Crippen molar-refractivity contribution in [3.8, 4) is 5.75 Å². The van der Waals surface area contributed by atoms with Gasteiger partial charge in [0.05, 0.1) is 36.6 Å². The average molecular weight is 420 g/mol. The highest BCUT2D eigenvalue weighted by Crippen LogP contribution is 2.37. The molecule has 2 aromatic carbocycles. The largest absolute Gasteiger partial charge is 0.476 e. The number of alkyl halides is 3. The highest BCUT2D eigenvalue weighted by molar-refractivity contribution is 6.08. The maximum absolute atomic E-state index is 13.5. The minimum absolute atomic E-state index is 0.182. The Kier molecular flexibility index (Phi) is 5.38. The smallest absolute Gasteiger partial charge is 0.417 e. The third-order valence-electron chi connectivity index (χ3n) is 5.08. The molecule has 0 spiro atoms. The molecular formula is C21H19F3N2O4. The molecular weight excluding hydrogens is 401 g/mol. The summed E-state index contributed by atoms with van der Waals surface area (Å²) in [5.41, 5.74) is -1.17. The number of rotatable bonds is 2. The number of para-hydroxylation sites is 2. The molecule has 0 bridgehead atoms. The minimum atomic E-state index is -4.68. The van der Waals surface area contributed by atoms with Crippen LogP contribution in [0.1, 0.15) is 15.9 Å². The van der Waals surface area contributed by atoms with Crippen LogP contribution in [0.3, 0.4) is 0 Å². The quantitative estimate of drug-likeness (QED) is 0.750. The number of benzene rings is 2. The van der Waals surface area contributed by atoms with Gasteiger partial charge in [0, 0.05) is 13.1 Å². The number of fused-ring (bicyclic) bond motifs is 1. The lowest BCUT2D eigenvalue weighted by Crippen LogP contribution is -2.54. The number of carbonyl (C=O) groups excluding carboxylic acids is 2. The van der Waals surface area contributed by atoms with E-state index in [9.17, 15) is 22.8 Å². The van der Waals surface area contributed by atoms with Gasteiger partial charge in [-0.1, -0.05) is 24.3 Å². The first-order valence-electron chi connectivity index (χ1n) is 9.46. The Labute approximate surface area is 170 Å². The van der Waals surface area contributed by atoms with Crippen LogP contribution in [0.4, 0.5) is 18.9 Å². The van der Waals surface area contributed by atoms with Gasteiger partial charge >= 0.3 is 6.18 Å². The van der Waals surface area contributed by atoms with E-state index in [2.05, 4.69) is 0 Å². The van der Waals surface area contributed by atoms with Gasteiger partial charge in [-0.25, -0.2) is 0 Å². The zero-order valence-electron chi connectivity index (χ0n) is 15.9. The highest BCUT2D eigenvalue weighted by atomic mass is 19.4. The summed E-state index contributed by atoms with van der Waals surface area (Å²) >= 11 is 0. The standard InChI is InChI=1S/C21H19F3N2O4/c22-21(23,24)15-6-2-1-5-14(15)19(27)26-13-18(20(28)25-9-11-29-12-10-25)30-17-8-4-3-7-16(17)26/h1-8,18H,9-13H2/t18-/m0/s1. The number of morpholine rings is 1. The Hall–Kier alpha value is -3.07.